The summed E-state index contributed by atoms with van der Waals surface area (Å²) in [4.78, 5) is 31.6. The number of amides is 1. The molecule has 0 aliphatic rings. The number of methoxy groups -OCH3 is 1. The fourth-order valence-corrected chi connectivity index (χ4v) is 5.32. The second kappa shape index (κ2) is 10.2. The SMILES string of the molecule is CCCn1c(SCC(=O)Nc2ccccc2OC)nc2cc(-c3ccc(C)cc3)sc2c1=O. The van der Waals surface area contributed by atoms with Crippen molar-refractivity contribution in [2.75, 3.05) is 18.2 Å². The number of benzene rings is 2. The molecule has 0 aliphatic carbocycles. The first kappa shape index (κ1) is 23.1. The summed E-state index contributed by atoms with van der Waals surface area (Å²) >= 11 is 2.73. The van der Waals surface area contributed by atoms with Crippen LogP contribution < -0.4 is 15.6 Å². The average Bonchev–Trinajstić information content (AvgIpc) is 3.25. The third-order valence-electron chi connectivity index (χ3n) is 5.10. The predicted molar refractivity (Wildman–Crippen MR) is 137 cm³/mol. The normalized spacial score (nSPS) is 11.0. The fourth-order valence-electron chi connectivity index (χ4n) is 3.45. The Balaban J connectivity index is 1.60. The number of ether oxygens (including phenoxy) is 1. The molecule has 0 spiro atoms. The zero-order valence-corrected chi connectivity index (χ0v) is 20.4. The van der Waals surface area contributed by atoms with Gasteiger partial charge < -0.3 is 10.1 Å². The molecule has 1 N–H and O–H groups in total. The van der Waals surface area contributed by atoms with Gasteiger partial charge in [0.2, 0.25) is 5.91 Å². The molecule has 0 saturated carbocycles. The molecule has 2 aromatic carbocycles. The van der Waals surface area contributed by atoms with Gasteiger partial charge in [0.1, 0.15) is 10.4 Å². The van der Waals surface area contributed by atoms with Crippen molar-refractivity contribution in [3.05, 3.63) is 70.5 Å². The topological polar surface area (TPSA) is 73.2 Å². The summed E-state index contributed by atoms with van der Waals surface area (Å²) in [7, 11) is 1.56. The van der Waals surface area contributed by atoms with E-state index in [9.17, 15) is 9.59 Å². The molecule has 0 atom stereocenters. The van der Waals surface area contributed by atoms with Gasteiger partial charge in [-0.05, 0) is 37.1 Å². The van der Waals surface area contributed by atoms with Crippen LogP contribution in [0.25, 0.3) is 20.7 Å². The van der Waals surface area contributed by atoms with Gasteiger partial charge in [-0.25, -0.2) is 4.98 Å². The van der Waals surface area contributed by atoms with Crippen LogP contribution in [0.1, 0.15) is 18.9 Å². The lowest BCUT2D eigenvalue weighted by Gasteiger charge is -2.12. The van der Waals surface area contributed by atoms with Crippen LogP contribution in [0, 0.1) is 6.92 Å². The Labute approximate surface area is 200 Å². The summed E-state index contributed by atoms with van der Waals surface area (Å²) in [5.41, 5.74) is 3.47. The van der Waals surface area contributed by atoms with E-state index in [1.807, 2.05) is 32.0 Å². The van der Waals surface area contributed by atoms with E-state index in [4.69, 9.17) is 9.72 Å². The lowest BCUT2D eigenvalue weighted by Crippen LogP contribution is -2.23. The van der Waals surface area contributed by atoms with E-state index < -0.39 is 0 Å². The van der Waals surface area contributed by atoms with Crippen LogP contribution in [0.5, 0.6) is 5.75 Å². The van der Waals surface area contributed by atoms with Crippen LogP contribution in [-0.4, -0.2) is 28.3 Å². The first-order chi connectivity index (χ1) is 16.0. The smallest absolute Gasteiger partial charge is 0.272 e. The van der Waals surface area contributed by atoms with Crippen molar-refractivity contribution in [1.29, 1.82) is 0 Å². The Morgan fingerprint density at radius 1 is 1.18 bits per heavy atom. The summed E-state index contributed by atoms with van der Waals surface area (Å²) in [5, 5.41) is 3.42. The molecule has 33 heavy (non-hydrogen) atoms. The molecule has 0 radical (unpaired) electrons. The number of fused-ring (bicyclic) bond motifs is 1. The highest BCUT2D eigenvalue weighted by atomic mass is 32.2. The van der Waals surface area contributed by atoms with E-state index in [1.54, 1.807) is 23.8 Å². The van der Waals surface area contributed by atoms with E-state index in [1.165, 1.54) is 28.7 Å². The van der Waals surface area contributed by atoms with Crippen molar-refractivity contribution in [1.82, 2.24) is 9.55 Å². The molecular formula is C25H25N3O3S2. The van der Waals surface area contributed by atoms with Gasteiger partial charge >= 0.3 is 0 Å². The number of hydrogen-bond acceptors (Lipinski definition) is 6. The summed E-state index contributed by atoms with van der Waals surface area (Å²) in [6, 6.07) is 17.5. The number of thioether (sulfide) groups is 1. The number of nitrogens with zero attached hydrogens (tertiary/aromatic N) is 2. The monoisotopic (exact) mass is 479 g/mol. The fraction of sp³-hybridized carbons (Fsp3) is 0.240. The average molecular weight is 480 g/mol. The maximum Gasteiger partial charge on any atom is 0.272 e. The highest BCUT2D eigenvalue weighted by Gasteiger charge is 2.17. The number of aryl methyl sites for hydroxylation is 1. The first-order valence-electron chi connectivity index (χ1n) is 10.7. The van der Waals surface area contributed by atoms with Gasteiger partial charge in [-0.15, -0.1) is 11.3 Å². The molecule has 6 nitrogen and oxygen atoms in total. The highest BCUT2D eigenvalue weighted by molar-refractivity contribution is 7.99. The van der Waals surface area contributed by atoms with Gasteiger partial charge in [-0.1, -0.05) is 60.6 Å². The Kier molecular flexibility index (Phi) is 7.15. The number of anilines is 1. The zero-order valence-electron chi connectivity index (χ0n) is 18.8. The molecule has 170 valence electrons. The minimum absolute atomic E-state index is 0.0575. The second-order valence-corrected chi connectivity index (χ2v) is 9.57. The number of para-hydroxylation sites is 2. The van der Waals surface area contributed by atoms with E-state index in [-0.39, 0.29) is 17.2 Å². The zero-order chi connectivity index (χ0) is 23.4. The number of carbonyl (C=O) groups is 1. The predicted octanol–water partition coefficient (Wildman–Crippen LogP) is 5.58. The largest absolute Gasteiger partial charge is 0.495 e. The maximum atomic E-state index is 13.3. The Morgan fingerprint density at radius 3 is 2.67 bits per heavy atom. The van der Waals surface area contributed by atoms with Gasteiger partial charge in [0, 0.05) is 11.4 Å². The van der Waals surface area contributed by atoms with Crippen LogP contribution >= 0.6 is 23.1 Å². The number of thiophene rings is 1. The molecular weight excluding hydrogens is 454 g/mol. The summed E-state index contributed by atoms with van der Waals surface area (Å²) < 4.78 is 7.61. The van der Waals surface area contributed by atoms with Crippen LogP contribution in [0.2, 0.25) is 0 Å². The van der Waals surface area contributed by atoms with Crippen LogP contribution in [0.4, 0.5) is 5.69 Å². The summed E-state index contributed by atoms with van der Waals surface area (Å²) in [5.74, 6) is 0.544. The molecule has 0 fully saturated rings. The molecule has 8 heteroatoms. The number of aromatic nitrogens is 2. The molecule has 1 amide bonds. The van der Waals surface area contributed by atoms with Crippen molar-refractivity contribution in [2.45, 2.75) is 32.0 Å². The van der Waals surface area contributed by atoms with E-state index in [0.29, 0.717) is 33.4 Å². The van der Waals surface area contributed by atoms with Crippen LogP contribution in [-0.2, 0) is 11.3 Å². The summed E-state index contributed by atoms with van der Waals surface area (Å²) in [6.07, 6.45) is 0.796. The molecule has 0 saturated heterocycles. The molecule has 4 rings (SSSR count). The molecule has 0 bridgehead atoms. The van der Waals surface area contributed by atoms with E-state index in [2.05, 4.69) is 29.6 Å². The van der Waals surface area contributed by atoms with Crippen molar-refractivity contribution in [3.8, 4) is 16.2 Å². The van der Waals surface area contributed by atoms with Crippen molar-refractivity contribution in [3.63, 3.8) is 0 Å². The second-order valence-electron chi connectivity index (χ2n) is 7.58. The maximum absolute atomic E-state index is 13.3. The number of rotatable bonds is 8. The van der Waals surface area contributed by atoms with Crippen LogP contribution in [0.3, 0.4) is 0 Å². The Bertz CT molecular complexity index is 1340. The van der Waals surface area contributed by atoms with Gasteiger partial charge in [0.15, 0.2) is 5.16 Å². The Hall–Kier alpha value is -3.10. The van der Waals surface area contributed by atoms with Gasteiger partial charge in [0.05, 0.1) is 24.1 Å². The van der Waals surface area contributed by atoms with Gasteiger partial charge in [-0.3, -0.25) is 14.2 Å². The number of carbonyl (C=O) groups excluding carboxylic acids is 1. The Morgan fingerprint density at radius 2 is 1.94 bits per heavy atom. The lowest BCUT2D eigenvalue weighted by atomic mass is 10.1. The number of hydrogen-bond donors (Lipinski definition) is 1. The molecule has 4 aromatic rings. The van der Waals surface area contributed by atoms with Crippen molar-refractivity contribution < 1.29 is 9.53 Å². The third kappa shape index (κ3) is 5.12. The van der Waals surface area contributed by atoms with Crippen molar-refractivity contribution >= 4 is 44.9 Å². The molecule has 0 aliphatic heterocycles. The van der Waals surface area contributed by atoms with E-state index >= 15 is 0 Å². The minimum Gasteiger partial charge on any atom is -0.495 e. The number of nitrogens with one attached hydrogen (secondary N) is 1. The highest BCUT2D eigenvalue weighted by Crippen LogP contribution is 2.32. The molecule has 0 unspecified atom stereocenters. The molecule has 2 aromatic heterocycles. The quantitative estimate of drug-likeness (QED) is 0.264. The van der Waals surface area contributed by atoms with Gasteiger partial charge in [0.25, 0.3) is 5.56 Å². The first-order valence-corrected chi connectivity index (χ1v) is 12.5. The minimum atomic E-state index is -0.187. The lowest BCUT2D eigenvalue weighted by molar-refractivity contribution is -0.113. The van der Waals surface area contributed by atoms with Gasteiger partial charge in [-0.2, -0.15) is 0 Å². The summed E-state index contributed by atoms with van der Waals surface area (Å²) in [6.45, 7) is 4.62. The van der Waals surface area contributed by atoms with E-state index in [0.717, 1.165) is 16.9 Å². The standard InChI is InChI=1S/C25H25N3O3S2/c1-4-13-28-24(30)23-19(14-21(33-23)17-11-9-16(2)10-12-17)27-25(28)32-15-22(29)26-18-7-5-6-8-20(18)31-3/h5-12,14H,4,13,15H2,1-3H3,(H,26,29). The van der Waals surface area contributed by atoms with Crippen molar-refractivity contribution in [2.24, 2.45) is 0 Å². The van der Waals surface area contributed by atoms with Crippen LogP contribution in [0.15, 0.2) is 64.5 Å². The third-order valence-corrected chi connectivity index (χ3v) is 7.23. The molecule has 2 heterocycles.